The molecule has 0 saturated carbocycles. The third-order valence-electron chi connectivity index (χ3n) is 6.84. The van der Waals surface area contributed by atoms with E-state index >= 15 is 0 Å². The Morgan fingerprint density at radius 2 is 1.70 bits per heavy atom. The van der Waals surface area contributed by atoms with E-state index in [0.29, 0.717) is 25.6 Å². The number of nitrogens with zero attached hydrogens (tertiary/aromatic N) is 2. The van der Waals surface area contributed by atoms with Crippen LogP contribution in [0.4, 0.5) is 10.5 Å². The molecule has 3 amide bonds. The van der Waals surface area contributed by atoms with E-state index in [1.807, 2.05) is 48.7 Å². The van der Waals surface area contributed by atoms with E-state index in [2.05, 4.69) is 24.5 Å². The molecular formula is C26H34N4O3. The summed E-state index contributed by atoms with van der Waals surface area (Å²) in [4.78, 5) is 40.2. The minimum atomic E-state index is -0.640. The average molecular weight is 451 g/mol. The van der Waals surface area contributed by atoms with Crippen LogP contribution in [0, 0.1) is 11.8 Å². The third-order valence-corrected chi connectivity index (χ3v) is 6.84. The number of anilines is 1. The fourth-order valence-corrected chi connectivity index (χ4v) is 4.99. The molecule has 0 spiro atoms. The minimum Gasteiger partial charge on any atom is -0.326 e. The van der Waals surface area contributed by atoms with Gasteiger partial charge in [-0.2, -0.15) is 0 Å². The van der Waals surface area contributed by atoms with Gasteiger partial charge in [-0.1, -0.05) is 45.9 Å². The Bertz CT molecular complexity index is 1070. The van der Waals surface area contributed by atoms with Gasteiger partial charge in [0.05, 0.1) is 0 Å². The maximum Gasteiger partial charge on any atom is 0.318 e. The van der Waals surface area contributed by atoms with Gasteiger partial charge in [-0.05, 0) is 47.9 Å². The largest absolute Gasteiger partial charge is 0.326 e. The molecule has 1 aromatic carbocycles. The predicted octanol–water partition coefficient (Wildman–Crippen LogP) is 3.76. The SMILES string of the molecule is CC(C)c1ccc(NC(=O)C(NC(=O)N2CC3CC(C2)c2cccc(=O)n2C3)C(C)C)cc1. The number of pyridine rings is 1. The Balaban J connectivity index is 1.42. The van der Waals surface area contributed by atoms with Crippen LogP contribution >= 0.6 is 0 Å². The van der Waals surface area contributed by atoms with Crippen molar-refractivity contribution in [3.05, 3.63) is 64.1 Å². The number of rotatable bonds is 5. The van der Waals surface area contributed by atoms with Gasteiger partial charge in [0.2, 0.25) is 5.91 Å². The van der Waals surface area contributed by atoms with Gasteiger partial charge >= 0.3 is 6.03 Å². The number of aromatic nitrogens is 1. The summed E-state index contributed by atoms with van der Waals surface area (Å²) in [5.41, 5.74) is 2.96. The van der Waals surface area contributed by atoms with Crippen LogP contribution in [0.2, 0.25) is 0 Å². The van der Waals surface area contributed by atoms with Gasteiger partial charge < -0.3 is 20.1 Å². The van der Waals surface area contributed by atoms with Gasteiger partial charge in [-0.3, -0.25) is 9.59 Å². The van der Waals surface area contributed by atoms with Crippen LogP contribution in [0.15, 0.2) is 47.3 Å². The summed E-state index contributed by atoms with van der Waals surface area (Å²) in [6, 6.07) is 12.3. The highest BCUT2D eigenvalue weighted by molar-refractivity contribution is 5.97. The summed E-state index contributed by atoms with van der Waals surface area (Å²) in [6.07, 6.45) is 0.980. The molecule has 7 nitrogen and oxygen atoms in total. The number of amides is 3. The van der Waals surface area contributed by atoms with E-state index in [4.69, 9.17) is 0 Å². The van der Waals surface area contributed by atoms with E-state index in [1.54, 1.807) is 17.0 Å². The summed E-state index contributed by atoms with van der Waals surface area (Å²) in [5.74, 6) is 0.528. The van der Waals surface area contributed by atoms with Crippen LogP contribution < -0.4 is 16.2 Å². The number of urea groups is 1. The lowest BCUT2D eigenvalue weighted by Gasteiger charge is -2.43. The summed E-state index contributed by atoms with van der Waals surface area (Å²) < 4.78 is 1.85. The summed E-state index contributed by atoms with van der Waals surface area (Å²) >= 11 is 0. The van der Waals surface area contributed by atoms with Crippen LogP contribution in [-0.4, -0.2) is 40.5 Å². The number of nitrogens with one attached hydrogen (secondary N) is 2. The third kappa shape index (κ3) is 4.97. The van der Waals surface area contributed by atoms with Crippen molar-refractivity contribution in [3.63, 3.8) is 0 Å². The quantitative estimate of drug-likeness (QED) is 0.728. The highest BCUT2D eigenvalue weighted by Gasteiger charge is 2.37. The van der Waals surface area contributed by atoms with Crippen molar-refractivity contribution >= 4 is 17.6 Å². The van der Waals surface area contributed by atoms with E-state index in [-0.39, 0.29) is 35.3 Å². The first-order valence-corrected chi connectivity index (χ1v) is 11.9. The first-order valence-electron chi connectivity index (χ1n) is 11.9. The van der Waals surface area contributed by atoms with Crippen molar-refractivity contribution in [3.8, 4) is 0 Å². The van der Waals surface area contributed by atoms with Gasteiger partial charge in [0.1, 0.15) is 6.04 Å². The molecular weight excluding hydrogens is 416 g/mol. The molecule has 2 N–H and O–H groups in total. The van der Waals surface area contributed by atoms with E-state index in [1.165, 1.54) is 5.56 Å². The van der Waals surface area contributed by atoms with Crippen molar-refractivity contribution in [1.29, 1.82) is 0 Å². The Morgan fingerprint density at radius 3 is 2.36 bits per heavy atom. The number of likely N-dealkylation sites (tertiary alicyclic amines) is 1. The summed E-state index contributed by atoms with van der Waals surface area (Å²) in [7, 11) is 0. The number of hydrogen-bond acceptors (Lipinski definition) is 3. The fraction of sp³-hybridized carbons (Fsp3) is 0.500. The maximum atomic E-state index is 13.2. The van der Waals surface area contributed by atoms with Crippen molar-refractivity contribution < 1.29 is 9.59 Å². The monoisotopic (exact) mass is 450 g/mol. The summed E-state index contributed by atoms with van der Waals surface area (Å²) in [6.45, 7) is 9.89. The zero-order chi connectivity index (χ0) is 23.7. The van der Waals surface area contributed by atoms with Gasteiger partial charge in [0, 0.05) is 43.0 Å². The first kappa shape index (κ1) is 23.1. The Morgan fingerprint density at radius 1 is 0.970 bits per heavy atom. The number of hydrogen-bond donors (Lipinski definition) is 2. The Kier molecular flexibility index (Phi) is 6.58. The molecule has 33 heavy (non-hydrogen) atoms. The number of benzene rings is 1. The zero-order valence-corrected chi connectivity index (χ0v) is 19.9. The highest BCUT2D eigenvalue weighted by atomic mass is 16.2. The molecule has 176 valence electrons. The Labute approximate surface area is 195 Å². The molecule has 2 bridgehead atoms. The van der Waals surface area contributed by atoms with Gasteiger partial charge in [0.15, 0.2) is 0 Å². The second-order valence-corrected chi connectivity index (χ2v) is 10.0. The van der Waals surface area contributed by atoms with Crippen LogP contribution in [0.25, 0.3) is 0 Å². The number of carbonyl (C=O) groups excluding carboxylic acids is 2. The second kappa shape index (κ2) is 9.41. The highest BCUT2D eigenvalue weighted by Crippen LogP contribution is 2.35. The molecule has 2 aromatic rings. The lowest BCUT2D eigenvalue weighted by Crippen LogP contribution is -2.56. The molecule has 4 rings (SSSR count). The zero-order valence-electron chi connectivity index (χ0n) is 19.9. The van der Waals surface area contributed by atoms with Gasteiger partial charge in [-0.25, -0.2) is 4.79 Å². The van der Waals surface area contributed by atoms with Crippen molar-refractivity contribution in [2.24, 2.45) is 11.8 Å². The lowest BCUT2D eigenvalue weighted by molar-refractivity contribution is -0.118. The number of fused-ring (bicyclic) bond motifs is 4. The minimum absolute atomic E-state index is 0.0260. The Hall–Kier alpha value is -3.09. The molecule has 2 aliphatic rings. The van der Waals surface area contributed by atoms with Gasteiger partial charge in [0.25, 0.3) is 5.56 Å². The molecule has 1 fully saturated rings. The van der Waals surface area contributed by atoms with Gasteiger partial charge in [-0.15, -0.1) is 0 Å². The molecule has 7 heteroatoms. The normalized spacial score (nSPS) is 20.4. The van der Waals surface area contributed by atoms with Crippen molar-refractivity contribution in [2.45, 2.75) is 58.5 Å². The van der Waals surface area contributed by atoms with Crippen LogP contribution in [0.1, 0.15) is 57.2 Å². The molecule has 3 heterocycles. The maximum absolute atomic E-state index is 13.2. The topological polar surface area (TPSA) is 83.4 Å². The second-order valence-electron chi connectivity index (χ2n) is 10.0. The van der Waals surface area contributed by atoms with E-state index in [0.717, 1.165) is 17.8 Å². The van der Waals surface area contributed by atoms with Crippen LogP contribution in [0.5, 0.6) is 0 Å². The molecule has 0 radical (unpaired) electrons. The molecule has 3 atom stereocenters. The lowest BCUT2D eigenvalue weighted by atomic mass is 9.83. The molecule has 1 aromatic heterocycles. The molecule has 3 unspecified atom stereocenters. The molecule has 1 saturated heterocycles. The standard InChI is InChI=1S/C26H34N4O3/c1-16(2)19-8-10-21(11-9-19)27-25(32)24(17(3)4)28-26(33)29-13-18-12-20(15-29)22-6-5-7-23(31)30(22)14-18/h5-11,16-18,20,24H,12-15H2,1-4H3,(H,27,32)(H,28,33). The first-order chi connectivity index (χ1) is 15.7. The molecule has 2 aliphatic heterocycles. The van der Waals surface area contributed by atoms with E-state index < -0.39 is 6.04 Å². The van der Waals surface area contributed by atoms with Crippen molar-refractivity contribution in [1.82, 2.24) is 14.8 Å². The average Bonchev–Trinajstić information content (AvgIpc) is 2.78. The molecule has 0 aliphatic carbocycles. The summed E-state index contributed by atoms with van der Waals surface area (Å²) in [5, 5.41) is 5.91. The van der Waals surface area contributed by atoms with Crippen LogP contribution in [-0.2, 0) is 11.3 Å². The van der Waals surface area contributed by atoms with Crippen molar-refractivity contribution in [2.75, 3.05) is 18.4 Å². The number of carbonyl (C=O) groups is 2. The van der Waals surface area contributed by atoms with Crippen LogP contribution in [0.3, 0.4) is 0 Å². The van der Waals surface area contributed by atoms with E-state index in [9.17, 15) is 14.4 Å². The predicted molar refractivity (Wildman–Crippen MR) is 129 cm³/mol. The fourth-order valence-electron chi connectivity index (χ4n) is 4.99. The number of piperidine rings is 1. The smallest absolute Gasteiger partial charge is 0.318 e.